The Bertz CT molecular complexity index is 248. The minimum absolute atomic E-state index is 0.0480. The van der Waals surface area contributed by atoms with Gasteiger partial charge >= 0.3 is 0 Å². The third-order valence-electron chi connectivity index (χ3n) is 1.53. The first-order valence-electron chi connectivity index (χ1n) is 3.96. The van der Waals surface area contributed by atoms with Gasteiger partial charge in [0.2, 0.25) is 0 Å². The van der Waals surface area contributed by atoms with Gasteiger partial charge in [0.15, 0.2) is 0 Å². The molecule has 0 spiro atoms. The summed E-state index contributed by atoms with van der Waals surface area (Å²) in [6.45, 7) is 1.67. The Morgan fingerprint density at radius 1 is 1.42 bits per heavy atom. The molecule has 0 fully saturated rings. The lowest BCUT2D eigenvalue weighted by atomic mass is 10.2. The molecule has 1 heterocycles. The molecule has 1 rings (SSSR count). The summed E-state index contributed by atoms with van der Waals surface area (Å²) in [6.07, 6.45) is 0.153. The molecule has 0 saturated carbocycles. The van der Waals surface area contributed by atoms with Gasteiger partial charge < -0.3 is 10.2 Å². The molecule has 0 bridgehead atoms. The fourth-order valence-electron chi connectivity index (χ4n) is 1.03. The summed E-state index contributed by atoms with van der Waals surface area (Å²) in [5, 5.41) is 17.8. The molecule has 1 aromatic heterocycles. The van der Waals surface area contributed by atoms with Crippen molar-refractivity contribution < 1.29 is 10.2 Å². The Hall–Kier alpha value is -0.930. The van der Waals surface area contributed by atoms with E-state index in [1.165, 1.54) is 0 Å². The molecule has 3 heteroatoms. The maximum Gasteiger partial charge on any atom is 0.0853 e. The number of hydrogen-bond donors (Lipinski definition) is 2. The van der Waals surface area contributed by atoms with Crippen molar-refractivity contribution in [3.8, 4) is 0 Å². The van der Waals surface area contributed by atoms with Crippen LogP contribution in [0.15, 0.2) is 18.2 Å². The van der Waals surface area contributed by atoms with Crippen LogP contribution >= 0.6 is 0 Å². The van der Waals surface area contributed by atoms with E-state index in [4.69, 9.17) is 10.2 Å². The third-order valence-corrected chi connectivity index (χ3v) is 1.53. The predicted molar refractivity (Wildman–Crippen MR) is 45.5 cm³/mol. The van der Waals surface area contributed by atoms with Gasteiger partial charge in [0.1, 0.15) is 0 Å². The molecule has 12 heavy (non-hydrogen) atoms. The van der Waals surface area contributed by atoms with E-state index in [0.717, 1.165) is 5.69 Å². The fraction of sp³-hybridized carbons (Fsp3) is 0.444. The topological polar surface area (TPSA) is 53.4 Å². The van der Waals surface area contributed by atoms with E-state index in [2.05, 4.69) is 4.98 Å². The molecule has 0 amide bonds. The summed E-state index contributed by atoms with van der Waals surface area (Å²) in [5.74, 6) is 0. The number of rotatable bonds is 3. The van der Waals surface area contributed by atoms with Crippen LogP contribution in [-0.4, -0.2) is 21.3 Å². The first kappa shape index (κ1) is 9.16. The Morgan fingerprint density at radius 2 is 2.08 bits per heavy atom. The second kappa shape index (κ2) is 4.18. The molecule has 0 aliphatic rings. The molecule has 2 N–H and O–H groups in total. The van der Waals surface area contributed by atoms with Gasteiger partial charge in [0.05, 0.1) is 18.4 Å². The van der Waals surface area contributed by atoms with Gasteiger partial charge in [-0.1, -0.05) is 6.07 Å². The first-order chi connectivity index (χ1) is 5.72. The van der Waals surface area contributed by atoms with Crippen LogP contribution in [0.1, 0.15) is 18.3 Å². The van der Waals surface area contributed by atoms with Gasteiger partial charge in [-0.05, 0) is 19.1 Å². The normalized spacial score (nSPS) is 12.9. The van der Waals surface area contributed by atoms with Gasteiger partial charge in [-0.15, -0.1) is 0 Å². The van der Waals surface area contributed by atoms with Crippen LogP contribution in [0, 0.1) is 0 Å². The molecule has 0 aromatic carbocycles. The molecule has 1 unspecified atom stereocenters. The van der Waals surface area contributed by atoms with Crippen LogP contribution in [0.3, 0.4) is 0 Å². The average molecular weight is 167 g/mol. The molecule has 0 saturated heterocycles. The lowest BCUT2D eigenvalue weighted by Gasteiger charge is -2.04. The standard InChI is InChI=1S/C9H13NO2/c1-7(12)5-8-3-2-4-9(6-11)10-8/h2-4,7,11-12H,5-6H2,1H3. The number of nitrogens with zero attached hydrogens (tertiary/aromatic N) is 1. The monoisotopic (exact) mass is 167 g/mol. The Balaban J connectivity index is 2.72. The summed E-state index contributed by atoms with van der Waals surface area (Å²) < 4.78 is 0. The van der Waals surface area contributed by atoms with Crippen molar-refractivity contribution >= 4 is 0 Å². The minimum Gasteiger partial charge on any atom is -0.393 e. The molecule has 3 nitrogen and oxygen atoms in total. The van der Waals surface area contributed by atoms with Gasteiger partial charge in [-0.25, -0.2) is 0 Å². The number of aliphatic hydroxyl groups is 2. The largest absolute Gasteiger partial charge is 0.393 e. The highest BCUT2D eigenvalue weighted by molar-refractivity contribution is 5.11. The van der Waals surface area contributed by atoms with Crippen LogP contribution in [-0.2, 0) is 13.0 Å². The van der Waals surface area contributed by atoms with Gasteiger partial charge in [-0.3, -0.25) is 4.98 Å². The highest BCUT2D eigenvalue weighted by Crippen LogP contribution is 2.02. The number of aromatic nitrogens is 1. The summed E-state index contributed by atoms with van der Waals surface area (Å²) in [6, 6.07) is 5.42. The van der Waals surface area contributed by atoms with E-state index in [9.17, 15) is 0 Å². The minimum atomic E-state index is -0.383. The van der Waals surface area contributed by atoms with Gasteiger partial charge in [0, 0.05) is 12.1 Å². The number of pyridine rings is 1. The SMILES string of the molecule is CC(O)Cc1cccc(CO)n1. The third kappa shape index (κ3) is 2.60. The Labute approximate surface area is 71.7 Å². The molecule has 1 aromatic rings. The van der Waals surface area contributed by atoms with E-state index in [1.807, 2.05) is 12.1 Å². The van der Waals surface area contributed by atoms with Crippen LogP contribution < -0.4 is 0 Å². The smallest absolute Gasteiger partial charge is 0.0853 e. The van der Waals surface area contributed by atoms with Crippen LogP contribution in [0.5, 0.6) is 0 Å². The quantitative estimate of drug-likeness (QED) is 0.689. The maximum atomic E-state index is 9.07. The zero-order valence-corrected chi connectivity index (χ0v) is 7.07. The second-order valence-corrected chi connectivity index (χ2v) is 2.83. The summed E-state index contributed by atoms with van der Waals surface area (Å²) in [5.41, 5.74) is 1.46. The summed E-state index contributed by atoms with van der Waals surface area (Å²) in [4.78, 5) is 4.12. The summed E-state index contributed by atoms with van der Waals surface area (Å²) in [7, 11) is 0. The molecule has 0 aliphatic carbocycles. The Morgan fingerprint density at radius 3 is 2.67 bits per heavy atom. The molecule has 1 atom stereocenters. The zero-order valence-electron chi connectivity index (χ0n) is 7.07. The fourth-order valence-corrected chi connectivity index (χ4v) is 1.03. The zero-order chi connectivity index (χ0) is 8.97. The van der Waals surface area contributed by atoms with Crippen molar-refractivity contribution in [3.63, 3.8) is 0 Å². The lowest BCUT2D eigenvalue weighted by molar-refractivity contribution is 0.194. The van der Waals surface area contributed by atoms with E-state index < -0.39 is 0 Å². The molecular formula is C9H13NO2. The van der Waals surface area contributed by atoms with E-state index in [0.29, 0.717) is 12.1 Å². The molecule has 0 aliphatic heterocycles. The molecular weight excluding hydrogens is 154 g/mol. The van der Waals surface area contributed by atoms with Crippen LogP contribution in [0.25, 0.3) is 0 Å². The number of hydrogen-bond acceptors (Lipinski definition) is 3. The van der Waals surface area contributed by atoms with Crippen molar-refractivity contribution in [2.24, 2.45) is 0 Å². The number of aliphatic hydroxyl groups excluding tert-OH is 2. The van der Waals surface area contributed by atoms with Crippen molar-refractivity contribution in [3.05, 3.63) is 29.6 Å². The molecule has 66 valence electrons. The van der Waals surface area contributed by atoms with Crippen molar-refractivity contribution in [1.29, 1.82) is 0 Å². The Kier molecular flexibility index (Phi) is 3.19. The first-order valence-corrected chi connectivity index (χ1v) is 3.96. The van der Waals surface area contributed by atoms with E-state index in [-0.39, 0.29) is 12.7 Å². The molecule has 0 radical (unpaired) electrons. The van der Waals surface area contributed by atoms with Crippen molar-refractivity contribution in [2.75, 3.05) is 0 Å². The van der Waals surface area contributed by atoms with Gasteiger partial charge in [-0.2, -0.15) is 0 Å². The predicted octanol–water partition coefficient (Wildman–Crippen LogP) is 0.497. The van der Waals surface area contributed by atoms with Crippen molar-refractivity contribution in [1.82, 2.24) is 4.98 Å². The highest BCUT2D eigenvalue weighted by atomic mass is 16.3. The van der Waals surface area contributed by atoms with Crippen LogP contribution in [0.4, 0.5) is 0 Å². The van der Waals surface area contributed by atoms with Crippen LogP contribution in [0.2, 0.25) is 0 Å². The van der Waals surface area contributed by atoms with E-state index >= 15 is 0 Å². The second-order valence-electron chi connectivity index (χ2n) is 2.83. The lowest BCUT2D eigenvalue weighted by Crippen LogP contribution is -2.06. The van der Waals surface area contributed by atoms with Crippen molar-refractivity contribution in [2.45, 2.75) is 26.1 Å². The van der Waals surface area contributed by atoms with E-state index in [1.54, 1.807) is 13.0 Å². The maximum absolute atomic E-state index is 9.07. The van der Waals surface area contributed by atoms with Gasteiger partial charge in [0.25, 0.3) is 0 Å². The highest BCUT2D eigenvalue weighted by Gasteiger charge is 2.00. The average Bonchev–Trinajstić information content (AvgIpc) is 2.03. The summed E-state index contributed by atoms with van der Waals surface area (Å²) >= 11 is 0.